The lowest BCUT2D eigenvalue weighted by atomic mass is 10.2. The fourth-order valence-corrected chi connectivity index (χ4v) is 2.29. The summed E-state index contributed by atoms with van der Waals surface area (Å²) in [5.74, 6) is 0. The molecule has 1 aliphatic carbocycles. The Bertz CT molecular complexity index is 119. The highest BCUT2D eigenvalue weighted by Gasteiger charge is 2.20. The van der Waals surface area contributed by atoms with Crippen molar-refractivity contribution in [2.45, 2.75) is 45.1 Å². The highest BCUT2D eigenvalue weighted by Crippen LogP contribution is 2.23. The second-order valence-electron chi connectivity index (χ2n) is 4.08. The first kappa shape index (κ1) is 11.0. The van der Waals surface area contributed by atoms with Crippen molar-refractivity contribution in [2.75, 3.05) is 26.7 Å². The molecule has 0 saturated heterocycles. The SMILES string of the molecule is CCCN(CCNC)C1CCCC1. The van der Waals surface area contributed by atoms with Gasteiger partial charge in [0.25, 0.3) is 0 Å². The molecule has 0 amide bonds. The number of rotatable bonds is 6. The maximum Gasteiger partial charge on any atom is 0.0110 e. The van der Waals surface area contributed by atoms with Crippen molar-refractivity contribution in [3.05, 3.63) is 0 Å². The Balaban J connectivity index is 2.26. The van der Waals surface area contributed by atoms with E-state index in [0.717, 1.165) is 12.6 Å². The van der Waals surface area contributed by atoms with Gasteiger partial charge < -0.3 is 5.32 Å². The van der Waals surface area contributed by atoms with Crippen molar-refractivity contribution in [1.82, 2.24) is 10.2 Å². The molecule has 2 nitrogen and oxygen atoms in total. The first-order chi connectivity index (χ1) is 6.38. The van der Waals surface area contributed by atoms with Gasteiger partial charge in [0, 0.05) is 19.1 Å². The van der Waals surface area contributed by atoms with Crippen LogP contribution in [-0.2, 0) is 0 Å². The summed E-state index contributed by atoms with van der Waals surface area (Å²) in [6, 6.07) is 0.897. The number of hydrogen-bond donors (Lipinski definition) is 1. The minimum Gasteiger partial charge on any atom is -0.318 e. The average Bonchev–Trinajstić information content (AvgIpc) is 2.65. The van der Waals surface area contributed by atoms with Crippen LogP contribution in [0, 0.1) is 0 Å². The van der Waals surface area contributed by atoms with E-state index in [4.69, 9.17) is 0 Å². The zero-order chi connectivity index (χ0) is 9.52. The van der Waals surface area contributed by atoms with E-state index in [2.05, 4.69) is 17.1 Å². The third-order valence-electron chi connectivity index (χ3n) is 3.00. The van der Waals surface area contributed by atoms with Gasteiger partial charge in [-0.05, 0) is 32.9 Å². The predicted molar refractivity (Wildman–Crippen MR) is 58.0 cm³/mol. The molecule has 0 unspecified atom stereocenters. The van der Waals surface area contributed by atoms with Gasteiger partial charge in [0.2, 0.25) is 0 Å². The van der Waals surface area contributed by atoms with E-state index >= 15 is 0 Å². The standard InChI is InChI=1S/C11H24N2/c1-3-9-13(10-8-12-2)11-6-4-5-7-11/h11-12H,3-10H2,1-2H3. The van der Waals surface area contributed by atoms with Crippen LogP contribution >= 0.6 is 0 Å². The molecule has 78 valence electrons. The van der Waals surface area contributed by atoms with Crippen molar-refractivity contribution in [1.29, 1.82) is 0 Å². The van der Waals surface area contributed by atoms with Crippen LogP contribution in [0.5, 0.6) is 0 Å². The molecule has 0 bridgehead atoms. The summed E-state index contributed by atoms with van der Waals surface area (Å²) in [7, 11) is 2.04. The molecular formula is C11H24N2. The highest BCUT2D eigenvalue weighted by atomic mass is 15.2. The summed E-state index contributed by atoms with van der Waals surface area (Å²) in [6.07, 6.45) is 7.06. The molecule has 1 aliphatic rings. The van der Waals surface area contributed by atoms with Gasteiger partial charge in [-0.2, -0.15) is 0 Å². The van der Waals surface area contributed by atoms with E-state index in [9.17, 15) is 0 Å². The number of nitrogens with zero attached hydrogens (tertiary/aromatic N) is 1. The van der Waals surface area contributed by atoms with Crippen LogP contribution in [0.15, 0.2) is 0 Å². The first-order valence-corrected chi connectivity index (χ1v) is 5.77. The topological polar surface area (TPSA) is 15.3 Å². The zero-order valence-electron chi connectivity index (χ0n) is 9.18. The number of nitrogens with one attached hydrogen (secondary N) is 1. The smallest absolute Gasteiger partial charge is 0.0110 e. The second-order valence-corrected chi connectivity index (χ2v) is 4.08. The average molecular weight is 184 g/mol. The number of hydrogen-bond acceptors (Lipinski definition) is 2. The van der Waals surface area contributed by atoms with Gasteiger partial charge in [0.15, 0.2) is 0 Å². The summed E-state index contributed by atoms with van der Waals surface area (Å²) in [5.41, 5.74) is 0. The van der Waals surface area contributed by atoms with Crippen molar-refractivity contribution in [2.24, 2.45) is 0 Å². The van der Waals surface area contributed by atoms with E-state index in [1.807, 2.05) is 7.05 Å². The van der Waals surface area contributed by atoms with Gasteiger partial charge in [-0.3, -0.25) is 4.90 Å². The third-order valence-corrected chi connectivity index (χ3v) is 3.00. The van der Waals surface area contributed by atoms with Gasteiger partial charge in [-0.25, -0.2) is 0 Å². The van der Waals surface area contributed by atoms with Gasteiger partial charge in [0.05, 0.1) is 0 Å². The van der Waals surface area contributed by atoms with Crippen molar-refractivity contribution >= 4 is 0 Å². The van der Waals surface area contributed by atoms with E-state index in [1.165, 1.54) is 45.2 Å². The van der Waals surface area contributed by atoms with Crippen LogP contribution in [0.2, 0.25) is 0 Å². The second kappa shape index (κ2) is 6.39. The monoisotopic (exact) mass is 184 g/mol. The summed E-state index contributed by atoms with van der Waals surface area (Å²) < 4.78 is 0. The van der Waals surface area contributed by atoms with Crippen LogP contribution in [0.3, 0.4) is 0 Å². The molecule has 1 saturated carbocycles. The lowest BCUT2D eigenvalue weighted by molar-refractivity contribution is 0.200. The van der Waals surface area contributed by atoms with Crippen molar-refractivity contribution in [3.63, 3.8) is 0 Å². The first-order valence-electron chi connectivity index (χ1n) is 5.77. The van der Waals surface area contributed by atoms with Crippen LogP contribution < -0.4 is 5.32 Å². The minimum atomic E-state index is 0.897. The van der Waals surface area contributed by atoms with Crippen LogP contribution in [0.25, 0.3) is 0 Å². The Morgan fingerprint density at radius 2 is 1.92 bits per heavy atom. The van der Waals surface area contributed by atoms with Crippen molar-refractivity contribution in [3.8, 4) is 0 Å². The van der Waals surface area contributed by atoms with Gasteiger partial charge in [-0.15, -0.1) is 0 Å². The molecule has 0 radical (unpaired) electrons. The molecule has 0 heterocycles. The molecule has 0 aromatic rings. The molecule has 0 atom stereocenters. The van der Waals surface area contributed by atoms with E-state index < -0.39 is 0 Å². The summed E-state index contributed by atoms with van der Waals surface area (Å²) in [6.45, 7) is 5.93. The molecule has 0 aliphatic heterocycles. The normalized spacial score (nSPS) is 18.7. The van der Waals surface area contributed by atoms with E-state index in [1.54, 1.807) is 0 Å². The molecule has 13 heavy (non-hydrogen) atoms. The maximum absolute atomic E-state index is 3.24. The largest absolute Gasteiger partial charge is 0.318 e. The molecule has 2 heteroatoms. The van der Waals surface area contributed by atoms with Crippen molar-refractivity contribution < 1.29 is 0 Å². The fourth-order valence-electron chi connectivity index (χ4n) is 2.29. The van der Waals surface area contributed by atoms with E-state index in [0.29, 0.717) is 0 Å². The highest BCUT2D eigenvalue weighted by molar-refractivity contribution is 4.77. The molecule has 1 N–H and O–H groups in total. The summed E-state index contributed by atoms with van der Waals surface area (Å²) >= 11 is 0. The van der Waals surface area contributed by atoms with Crippen LogP contribution in [0.4, 0.5) is 0 Å². The van der Waals surface area contributed by atoms with E-state index in [-0.39, 0.29) is 0 Å². The van der Waals surface area contributed by atoms with Gasteiger partial charge >= 0.3 is 0 Å². The Morgan fingerprint density at radius 3 is 2.46 bits per heavy atom. The molecule has 1 rings (SSSR count). The molecule has 0 spiro atoms. The minimum absolute atomic E-state index is 0.897. The molecular weight excluding hydrogens is 160 g/mol. The quantitative estimate of drug-likeness (QED) is 0.678. The third kappa shape index (κ3) is 3.65. The maximum atomic E-state index is 3.24. The Kier molecular flexibility index (Phi) is 5.40. The lowest BCUT2D eigenvalue weighted by Crippen LogP contribution is -2.38. The predicted octanol–water partition coefficient (Wildman–Crippen LogP) is 1.86. The van der Waals surface area contributed by atoms with Crippen LogP contribution in [0.1, 0.15) is 39.0 Å². The molecule has 1 fully saturated rings. The zero-order valence-corrected chi connectivity index (χ0v) is 9.18. The Hall–Kier alpha value is -0.0800. The lowest BCUT2D eigenvalue weighted by Gasteiger charge is -2.28. The Morgan fingerprint density at radius 1 is 1.23 bits per heavy atom. The summed E-state index contributed by atoms with van der Waals surface area (Å²) in [4.78, 5) is 2.67. The molecule has 0 aromatic heterocycles. The van der Waals surface area contributed by atoms with Gasteiger partial charge in [-0.1, -0.05) is 19.8 Å². The summed E-state index contributed by atoms with van der Waals surface area (Å²) in [5, 5.41) is 3.24. The fraction of sp³-hybridized carbons (Fsp3) is 1.00. The van der Waals surface area contributed by atoms with Gasteiger partial charge in [0.1, 0.15) is 0 Å². The molecule has 0 aromatic carbocycles. The number of likely N-dealkylation sites (N-methyl/N-ethyl adjacent to an activating group) is 1. The van der Waals surface area contributed by atoms with Crippen LogP contribution in [-0.4, -0.2) is 37.6 Å². The Labute approximate surface area is 82.7 Å².